The van der Waals surface area contributed by atoms with Crippen LogP contribution in [0.4, 0.5) is 13.2 Å². The van der Waals surface area contributed by atoms with E-state index in [2.05, 4.69) is 16.0 Å². The van der Waals surface area contributed by atoms with Crippen molar-refractivity contribution < 1.29 is 47.4 Å². The number of alkyl halides is 3. The Balaban J connectivity index is 0.000000942. The van der Waals surface area contributed by atoms with Crippen molar-refractivity contribution in [3.63, 3.8) is 0 Å². The van der Waals surface area contributed by atoms with Gasteiger partial charge in [0.05, 0.1) is 12.0 Å². The molecule has 1 fully saturated rings. The third kappa shape index (κ3) is 12.0. The fourth-order valence-electron chi connectivity index (χ4n) is 4.87. The highest BCUT2D eigenvalue weighted by atomic mass is 19.4. The number of carbonyl (C=O) groups is 5. The first-order chi connectivity index (χ1) is 21.5. The van der Waals surface area contributed by atoms with E-state index in [9.17, 15) is 37.5 Å². The second-order valence-corrected chi connectivity index (χ2v) is 11.3. The van der Waals surface area contributed by atoms with Crippen molar-refractivity contribution in [1.82, 2.24) is 16.0 Å². The molecule has 3 rings (SSSR count). The average Bonchev–Trinajstić information content (AvgIpc) is 3.44. The minimum absolute atomic E-state index is 0.130. The van der Waals surface area contributed by atoms with E-state index in [1.54, 1.807) is 26.0 Å². The van der Waals surface area contributed by atoms with Crippen molar-refractivity contribution in [2.24, 2.45) is 23.3 Å². The first-order valence-corrected chi connectivity index (χ1v) is 14.6. The molecule has 4 amide bonds. The van der Waals surface area contributed by atoms with Gasteiger partial charge >= 0.3 is 12.1 Å². The van der Waals surface area contributed by atoms with Crippen molar-refractivity contribution >= 4 is 29.6 Å². The van der Waals surface area contributed by atoms with Gasteiger partial charge in [-0.05, 0) is 48.4 Å². The number of carboxylic acids is 1. The third-order valence-corrected chi connectivity index (χ3v) is 7.34. The molecule has 0 heterocycles. The van der Waals surface area contributed by atoms with Gasteiger partial charge in [-0.1, -0.05) is 62.7 Å². The van der Waals surface area contributed by atoms with Gasteiger partial charge < -0.3 is 37.6 Å². The molecule has 1 aliphatic rings. The lowest BCUT2D eigenvalue weighted by Crippen LogP contribution is -2.57. The maximum atomic E-state index is 13.4. The van der Waals surface area contributed by atoms with Crippen molar-refractivity contribution in [3.8, 4) is 5.75 Å². The highest BCUT2D eigenvalue weighted by molar-refractivity contribution is 5.93. The number of hydrogen-bond donors (Lipinski definition) is 7. The Morgan fingerprint density at radius 1 is 0.891 bits per heavy atom. The van der Waals surface area contributed by atoms with Crippen LogP contribution < -0.4 is 27.4 Å². The Morgan fingerprint density at radius 2 is 1.46 bits per heavy atom. The van der Waals surface area contributed by atoms with Gasteiger partial charge in [-0.25, -0.2) is 4.79 Å². The zero-order valence-electron chi connectivity index (χ0n) is 25.4. The van der Waals surface area contributed by atoms with Crippen LogP contribution in [0.1, 0.15) is 44.2 Å². The van der Waals surface area contributed by atoms with Gasteiger partial charge in [0.15, 0.2) is 0 Å². The summed E-state index contributed by atoms with van der Waals surface area (Å²) in [7, 11) is 0. The second-order valence-electron chi connectivity index (χ2n) is 11.3. The van der Waals surface area contributed by atoms with Crippen LogP contribution in [0.15, 0.2) is 54.6 Å². The minimum Gasteiger partial charge on any atom is -0.508 e. The standard InChI is InChI=1S/C29H39N5O5.C2HF3O2/c1-17(2)25(26(31)36)34-29(39)24(16-18-7-4-3-5-8-18)33-27(37)21-9-6-10-23(21)32-28(38)22(30)15-19-11-13-20(35)14-12-19;3-2(4,5)1(6)7/h3-5,7-8,11-14,17,21-25,35H,6,9-10,15-16,30H2,1-2H3,(H2,31,36)(H,32,38)(H,33,37)(H,34,39);(H,6,7). The largest absolute Gasteiger partial charge is 0.508 e. The molecule has 252 valence electrons. The number of amides is 4. The molecule has 1 saturated carbocycles. The van der Waals surface area contributed by atoms with Gasteiger partial charge in [-0.2, -0.15) is 13.2 Å². The monoisotopic (exact) mass is 651 g/mol. The van der Waals surface area contributed by atoms with Gasteiger partial charge in [0.1, 0.15) is 17.8 Å². The first-order valence-electron chi connectivity index (χ1n) is 14.6. The molecule has 5 atom stereocenters. The van der Waals surface area contributed by atoms with Gasteiger partial charge in [-0.15, -0.1) is 0 Å². The third-order valence-electron chi connectivity index (χ3n) is 7.34. The fraction of sp³-hybridized carbons (Fsp3) is 0.452. The quantitative estimate of drug-likeness (QED) is 0.178. The highest BCUT2D eigenvalue weighted by Gasteiger charge is 2.38. The summed E-state index contributed by atoms with van der Waals surface area (Å²) in [5.74, 6) is -5.24. The molecule has 0 bridgehead atoms. The molecule has 12 nitrogen and oxygen atoms in total. The second kappa shape index (κ2) is 17.1. The topological polar surface area (TPSA) is 214 Å². The number of nitrogens with two attached hydrogens (primary N) is 2. The van der Waals surface area contributed by atoms with E-state index in [1.165, 1.54) is 12.1 Å². The zero-order valence-corrected chi connectivity index (χ0v) is 25.4. The van der Waals surface area contributed by atoms with E-state index < -0.39 is 54.0 Å². The number of aliphatic carboxylic acids is 1. The zero-order chi connectivity index (χ0) is 34.6. The Kier molecular flexibility index (Phi) is 14.0. The molecular weight excluding hydrogens is 611 g/mol. The van der Waals surface area contributed by atoms with Crippen LogP contribution in [0.5, 0.6) is 5.75 Å². The molecule has 0 saturated heterocycles. The molecule has 5 unspecified atom stereocenters. The number of phenols is 1. The highest BCUT2D eigenvalue weighted by Crippen LogP contribution is 2.26. The summed E-state index contributed by atoms with van der Waals surface area (Å²) < 4.78 is 31.7. The molecule has 1 aliphatic carbocycles. The summed E-state index contributed by atoms with van der Waals surface area (Å²) in [5, 5.41) is 25.0. The van der Waals surface area contributed by atoms with Crippen molar-refractivity contribution in [2.45, 2.75) is 76.3 Å². The van der Waals surface area contributed by atoms with E-state index in [-0.39, 0.29) is 36.3 Å². The number of primary amides is 1. The van der Waals surface area contributed by atoms with Gasteiger partial charge in [0.2, 0.25) is 23.6 Å². The molecule has 2 aromatic rings. The van der Waals surface area contributed by atoms with Crippen LogP contribution in [-0.2, 0) is 36.8 Å². The molecule has 0 aromatic heterocycles. The van der Waals surface area contributed by atoms with E-state index >= 15 is 0 Å². The first kappa shape index (κ1) is 37.5. The SMILES string of the molecule is CC(C)C(NC(=O)C(Cc1ccccc1)NC(=O)C1CCCC1NC(=O)C(N)Cc1ccc(O)cc1)C(N)=O.O=C(O)C(F)(F)F. The number of rotatable bonds is 12. The molecule has 9 N–H and O–H groups in total. The van der Waals surface area contributed by atoms with Crippen LogP contribution >= 0.6 is 0 Å². The summed E-state index contributed by atoms with van der Waals surface area (Å²) in [4.78, 5) is 60.2. The molecule has 15 heteroatoms. The number of aromatic hydroxyl groups is 1. The van der Waals surface area contributed by atoms with E-state index in [1.807, 2.05) is 30.3 Å². The summed E-state index contributed by atoms with van der Waals surface area (Å²) in [6.45, 7) is 3.55. The average molecular weight is 652 g/mol. The number of carbonyl (C=O) groups excluding carboxylic acids is 4. The Labute approximate surface area is 264 Å². The predicted molar refractivity (Wildman–Crippen MR) is 161 cm³/mol. The van der Waals surface area contributed by atoms with E-state index in [0.29, 0.717) is 12.8 Å². The summed E-state index contributed by atoms with van der Waals surface area (Å²) in [6.07, 6.45) is -2.67. The smallest absolute Gasteiger partial charge is 0.490 e. The molecule has 46 heavy (non-hydrogen) atoms. The van der Waals surface area contributed by atoms with Crippen LogP contribution in [0.25, 0.3) is 0 Å². The van der Waals surface area contributed by atoms with Crippen molar-refractivity contribution in [2.75, 3.05) is 0 Å². The van der Waals surface area contributed by atoms with Crippen molar-refractivity contribution in [1.29, 1.82) is 0 Å². The van der Waals surface area contributed by atoms with Crippen LogP contribution in [0.2, 0.25) is 0 Å². The minimum atomic E-state index is -5.08. The van der Waals surface area contributed by atoms with E-state index in [4.69, 9.17) is 21.4 Å². The lowest BCUT2D eigenvalue weighted by Gasteiger charge is -2.27. The van der Waals surface area contributed by atoms with Gasteiger partial charge in [0, 0.05) is 12.5 Å². The molecule has 0 spiro atoms. The van der Waals surface area contributed by atoms with Crippen molar-refractivity contribution in [3.05, 3.63) is 65.7 Å². The fourth-order valence-corrected chi connectivity index (χ4v) is 4.87. The van der Waals surface area contributed by atoms with Gasteiger partial charge in [0.25, 0.3) is 0 Å². The number of hydrogen-bond acceptors (Lipinski definition) is 7. The van der Waals surface area contributed by atoms with Crippen LogP contribution in [-0.4, -0.2) is 70.2 Å². The number of phenolic OH excluding ortho intramolecular Hbond substituents is 1. The lowest BCUT2D eigenvalue weighted by molar-refractivity contribution is -0.192. The Morgan fingerprint density at radius 3 is 1.98 bits per heavy atom. The number of nitrogens with one attached hydrogen (secondary N) is 3. The molecular formula is C31H40F3N5O7. The summed E-state index contributed by atoms with van der Waals surface area (Å²) in [5.41, 5.74) is 13.3. The predicted octanol–water partition coefficient (Wildman–Crippen LogP) is 1.53. The number of halogens is 3. The Hall–Kier alpha value is -4.66. The molecule has 2 aromatic carbocycles. The van der Waals surface area contributed by atoms with Crippen LogP contribution in [0.3, 0.4) is 0 Å². The molecule has 0 radical (unpaired) electrons. The normalized spacial score (nSPS) is 17.9. The Bertz CT molecular complexity index is 1340. The summed E-state index contributed by atoms with van der Waals surface area (Å²) in [6, 6.07) is 12.7. The lowest BCUT2D eigenvalue weighted by atomic mass is 9.98. The maximum Gasteiger partial charge on any atom is 0.490 e. The number of benzene rings is 2. The van der Waals surface area contributed by atoms with Crippen LogP contribution in [0, 0.1) is 11.8 Å². The van der Waals surface area contributed by atoms with Gasteiger partial charge in [-0.3, -0.25) is 19.2 Å². The summed E-state index contributed by atoms with van der Waals surface area (Å²) >= 11 is 0. The van der Waals surface area contributed by atoms with E-state index in [0.717, 1.165) is 17.5 Å². The number of carboxylic acid groups (broad SMARTS) is 1. The molecule has 0 aliphatic heterocycles. The maximum absolute atomic E-state index is 13.4.